The smallest absolute Gasteiger partial charge is 0.326 e. The third-order valence-electron chi connectivity index (χ3n) is 3.32. The molecule has 7 heteroatoms. The molecule has 1 aromatic carbocycles. The molecule has 1 aromatic heterocycles. The van der Waals surface area contributed by atoms with Crippen molar-refractivity contribution in [3.8, 4) is 5.69 Å². The van der Waals surface area contributed by atoms with Gasteiger partial charge in [0.25, 0.3) is 5.91 Å². The van der Waals surface area contributed by atoms with Gasteiger partial charge in [0, 0.05) is 4.47 Å². The first-order chi connectivity index (χ1) is 10.4. The highest BCUT2D eigenvalue weighted by Crippen LogP contribution is 2.18. The Morgan fingerprint density at radius 2 is 2.18 bits per heavy atom. The largest absolute Gasteiger partial charge is 0.480 e. The fourth-order valence-electron chi connectivity index (χ4n) is 2.08. The lowest BCUT2D eigenvalue weighted by atomic mass is 10.2. The van der Waals surface area contributed by atoms with Crippen LogP contribution < -0.4 is 5.32 Å². The van der Waals surface area contributed by atoms with E-state index in [4.69, 9.17) is 5.11 Å². The van der Waals surface area contributed by atoms with Crippen LogP contribution in [-0.2, 0) is 4.79 Å². The molecule has 6 nitrogen and oxygen atoms in total. The summed E-state index contributed by atoms with van der Waals surface area (Å²) >= 11 is 3.39. The molecule has 0 saturated heterocycles. The summed E-state index contributed by atoms with van der Waals surface area (Å²) in [4.78, 5) is 23.2. The van der Waals surface area contributed by atoms with Crippen molar-refractivity contribution in [1.82, 2.24) is 15.1 Å². The zero-order valence-electron chi connectivity index (χ0n) is 12.2. The number of carboxylic acids is 1. The zero-order chi connectivity index (χ0) is 16.3. The molecule has 116 valence electrons. The molecule has 2 rings (SSSR count). The zero-order valence-corrected chi connectivity index (χ0v) is 13.8. The quantitative estimate of drug-likeness (QED) is 0.852. The number of benzene rings is 1. The van der Waals surface area contributed by atoms with E-state index in [2.05, 4.69) is 26.3 Å². The number of aliphatic carboxylic acids is 1. The fraction of sp³-hybridized carbons (Fsp3) is 0.267. The number of hydrogen-bond donors (Lipinski definition) is 2. The van der Waals surface area contributed by atoms with Gasteiger partial charge in [0.2, 0.25) is 0 Å². The molecule has 1 heterocycles. The van der Waals surface area contributed by atoms with Gasteiger partial charge in [-0.25, -0.2) is 9.48 Å². The molecule has 1 amide bonds. The second-order valence-corrected chi connectivity index (χ2v) is 5.72. The third kappa shape index (κ3) is 3.36. The van der Waals surface area contributed by atoms with Crippen LogP contribution >= 0.6 is 15.9 Å². The van der Waals surface area contributed by atoms with Crippen LogP contribution in [0.15, 0.2) is 34.9 Å². The number of amides is 1. The molecule has 0 saturated carbocycles. The molecule has 0 aliphatic heterocycles. The number of aromatic nitrogens is 2. The van der Waals surface area contributed by atoms with Crippen molar-refractivity contribution in [1.29, 1.82) is 0 Å². The van der Waals surface area contributed by atoms with Crippen LogP contribution in [0, 0.1) is 6.92 Å². The van der Waals surface area contributed by atoms with E-state index in [1.54, 1.807) is 18.5 Å². The van der Waals surface area contributed by atoms with Crippen LogP contribution in [0.1, 0.15) is 29.4 Å². The predicted molar refractivity (Wildman–Crippen MR) is 85.2 cm³/mol. The summed E-state index contributed by atoms with van der Waals surface area (Å²) in [6.45, 7) is 3.47. The maximum absolute atomic E-state index is 12.2. The second kappa shape index (κ2) is 6.74. The summed E-state index contributed by atoms with van der Waals surface area (Å²) in [6, 6.07) is 6.62. The highest BCUT2D eigenvalue weighted by Gasteiger charge is 2.21. The highest BCUT2D eigenvalue weighted by atomic mass is 79.9. The maximum atomic E-state index is 12.2. The SMILES string of the molecule is CCC(NC(=O)c1cnn(-c2cccc(Br)c2)c1C)C(=O)O. The Balaban J connectivity index is 2.27. The Bertz CT molecular complexity index is 712. The second-order valence-electron chi connectivity index (χ2n) is 4.81. The van der Waals surface area contributed by atoms with E-state index in [9.17, 15) is 9.59 Å². The number of carbonyl (C=O) groups is 2. The van der Waals surface area contributed by atoms with Gasteiger partial charge in [-0.3, -0.25) is 4.79 Å². The van der Waals surface area contributed by atoms with E-state index in [-0.39, 0.29) is 0 Å². The van der Waals surface area contributed by atoms with Crippen molar-refractivity contribution in [2.24, 2.45) is 0 Å². The Morgan fingerprint density at radius 3 is 2.77 bits per heavy atom. The van der Waals surface area contributed by atoms with Gasteiger partial charge in [-0.15, -0.1) is 0 Å². The first kappa shape index (κ1) is 16.2. The first-order valence-electron chi connectivity index (χ1n) is 6.78. The van der Waals surface area contributed by atoms with Crippen molar-refractivity contribution >= 4 is 27.8 Å². The van der Waals surface area contributed by atoms with Crippen molar-refractivity contribution < 1.29 is 14.7 Å². The van der Waals surface area contributed by atoms with Gasteiger partial charge in [-0.05, 0) is 31.5 Å². The van der Waals surface area contributed by atoms with Gasteiger partial charge in [-0.1, -0.05) is 28.9 Å². The Morgan fingerprint density at radius 1 is 1.45 bits per heavy atom. The monoisotopic (exact) mass is 365 g/mol. The Kier molecular flexibility index (Phi) is 4.97. The predicted octanol–water partition coefficient (Wildman–Crippen LogP) is 2.54. The molecule has 0 aliphatic rings. The summed E-state index contributed by atoms with van der Waals surface area (Å²) in [6.07, 6.45) is 1.76. The topological polar surface area (TPSA) is 84.2 Å². The van der Waals surface area contributed by atoms with E-state index in [0.717, 1.165) is 10.2 Å². The van der Waals surface area contributed by atoms with E-state index in [1.807, 2.05) is 24.3 Å². The maximum Gasteiger partial charge on any atom is 0.326 e. The molecule has 0 aliphatic carbocycles. The van der Waals surface area contributed by atoms with Gasteiger partial charge < -0.3 is 10.4 Å². The molecule has 1 atom stereocenters. The van der Waals surface area contributed by atoms with Gasteiger partial charge in [-0.2, -0.15) is 5.10 Å². The van der Waals surface area contributed by atoms with Crippen LogP contribution in [0.2, 0.25) is 0 Å². The lowest BCUT2D eigenvalue weighted by molar-refractivity contribution is -0.139. The molecule has 0 fully saturated rings. The summed E-state index contributed by atoms with van der Waals surface area (Å²) in [5.74, 6) is -1.49. The lowest BCUT2D eigenvalue weighted by Gasteiger charge is -2.12. The number of hydrogen-bond acceptors (Lipinski definition) is 3. The summed E-state index contributed by atoms with van der Waals surface area (Å²) in [5, 5.41) is 15.7. The number of halogens is 1. The van der Waals surface area contributed by atoms with Crippen molar-refractivity contribution in [2.45, 2.75) is 26.3 Å². The molecule has 2 N–H and O–H groups in total. The Hall–Kier alpha value is -2.15. The minimum Gasteiger partial charge on any atom is -0.480 e. The number of nitrogens with zero attached hydrogens (tertiary/aromatic N) is 2. The van der Waals surface area contributed by atoms with E-state index < -0.39 is 17.9 Å². The molecular formula is C15H16BrN3O3. The average molecular weight is 366 g/mol. The lowest BCUT2D eigenvalue weighted by Crippen LogP contribution is -2.40. The number of carbonyl (C=O) groups excluding carboxylic acids is 1. The number of rotatable bonds is 5. The molecular weight excluding hydrogens is 350 g/mol. The summed E-state index contributed by atoms with van der Waals surface area (Å²) in [5.41, 5.74) is 1.83. The number of nitrogens with one attached hydrogen (secondary N) is 1. The molecule has 0 radical (unpaired) electrons. The van der Waals surface area contributed by atoms with Crippen LogP contribution in [0.4, 0.5) is 0 Å². The molecule has 22 heavy (non-hydrogen) atoms. The van der Waals surface area contributed by atoms with Crippen LogP contribution in [0.25, 0.3) is 5.69 Å². The highest BCUT2D eigenvalue weighted by molar-refractivity contribution is 9.10. The molecule has 0 spiro atoms. The van der Waals surface area contributed by atoms with Crippen molar-refractivity contribution in [3.63, 3.8) is 0 Å². The summed E-state index contributed by atoms with van der Waals surface area (Å²) < 4.78 is 2.55. The summed E-state index contributed by atoms with van der Waals surface area (Å²) in [7, 11) is 0. The minimum absolute atomic E-state index is 0.319. The third-order valence-corrected chi connectivity index (χ3v) is 3.81. The van der Waals surface area contributed by atoms with Crippen molar-refractivity contribution in [2.75, 3.05) is 0 Å². The Labute approximate surface area is 136 Å². The number of carboxylic acid groups (broad SMARTS) is 1. The van der Waals surface area contributed by atoms with Gasteiger partial charge in [0.15, 0.2) is 0 Å². The first-order valence-corrected chi connectivity index (χ1v) is 7.57. The molecule has 1 unspecified atom stereocenters. The normalized spacial score (nSPS) is 12.0. The van der Waals surface area contributed by atoms with Crippen LogP contribution in [-0.4, -0.2) is 32.8 Å². The van der Waals surface area contributed by atoms with E-state index in [1.165, 1.54) is 6.20 Å². The van der Waals surface area contributed by atoms with Gasteiger partial charge >= 0.3 is 5.97 Å². The van der Waals surface area contributed by atoms with Gasteiger partial charge in [0.1, 0.15) is 6.04 Å². The standard InChI is InChI=1S/C15H16BrN3O3/c1-3-13(15(21)22)18-14(20)12-8-17-19(9(12)2)11-6-4-5-10(16)7-11/h4-8,13H,3H2,1-2H3,(H,18,20)(H,21,22). The van der Waals surface area contributed by atoms with Gasteiger partial charge in [0.05, 0.1) is 23.1 Å². The molecule has 2 aromatic rings. The van der Waals surface area contributed by atoms with E-state index >= 15 is 0 Å². The van der Waals surface area contributed by atoms with Crippen LogP contribution in [0.5, 0.6) is 0 Å². The van der Waals surface area contributed by atoms with Crippen molar-refractivity contribution in [3.05, 3.63) is 46.2 Å². The molecule has 0 bridgehead atoms. The van der Waals surface area contributed by atoms with E-state index in [0.29, 0.717) is 17.7 Å². The minimum atomic E-state index is -1.05. The average Bonchev–Trinajstić information content (AvgIpc) is 2.86. The fourth-order valence-corrected chi connectivity index (χ4v) is 2.46. The van der Waals surface area contributed by atoms with Crippen LogP contribution in [0.3, 0.4) is 0 Å².